The van der Waals surface area contributed by atoms with Crippen LogP contribution in [-0.4, -0.2) is 4.98 Å². The normalized spacial score (nSPS) is 13.2. The van der Waals surface area contributed by atoms with E-state index in [0.717, 1.165) is 28.2 Å². The highest BCUT2D eigenvalue weighted by molar-refractivity contribution is 6.00. The molecule has 1 aromatic heterocycles. The molecule has 3 nitrogen and oxygen atoms in total. The van der Waals surface area contributed by atoms with Crippen LogP contribution in [0.5, 0.6) is 0 Å². The van der Waals surface area contributed by atoms with Crippen LogP contribution in [0.4, 0.5) is 17.1 Å². The van der Waals surface area contributed by atoms with Crippen molar-refractivity contribution in [3.05, 3.63) is 223 Å². The van der Waals surface area contributed by atoms with Gasteiger partial charge >= 0.3 is 0 Å². The molecule has 242 valence electrons. The van der Waals surface area contributed by atoms with Gasteiger partial charge in [-0.2, -0.15) is 0 Å². The molecule has 51 heavy (non-hydrogen) atoms. The van der Waals surface area contributed by atoms with Crippen LogP contribution in [0.25, 0.3) is 39.1 Å². The molecule has 0 N–H and O–H groups in total. The van der Waals surface area contributed by atoms with Crippen molar-refractivity contribution < 1.29 is 4.42 Å². The minimum Gasteiger partial charge on any atom is -0.437 e. The molecule has 3 heteroatoms. The Kier molecular flexibility index (Phi) is 7.52. The van der Waals surface area contributed by atoms with Gasteiger partial charge in [-0.3, -0.25) is 0 Å². The van der Waals surface area contributed by atoms with Gasteiger partial charge in [-0.25, -0.2) is 4.98 Å². The number of fused-ring (bicyclic) bond motifs is 5. The summed E-state index contributed by atoms with van der Waals surface area (Å²) in [6, 6.07) is 59.1. The predicted octanol–water partition coefficient (Wildman–Crippen LogP) is 12.6. The fourth-order valence-corrected chi connectivity index (χ4v) is 7.83. The summed E-state index contributed by atoms with van der Waals surface area (Å²) in [7, 11) is 0. The molecule has 9 rings (SSSR count). The summed E-state index contributed by atoms with van der Waals surface area (Å²) in [5.41, 5.74) is 11.7. The second kappa shape index (κ2) is 12.6. The molecule has 1 heterocycles. The van der Waals surface area contributed by atoms with E-state index in [1.165, 1.54) is 44.2 Å². The second-order valence-corrected chi connectivity index (χ2v) is 12.8. The SMILES string of the molecule is C=C/C=C\C=C\c1nc2cc(N(c3ccc4c(c3)C(c3ccccc3)(c3ccccc3)c3ccccc3-4)c3cccc4ccccc34)ccc2o1. The van der Waals surface area contributed by atoms with Crippen molar-refractivity contribution >= 4 is 45.0 Å². The van der Waals surface area contributed by atoms with Gasteiger partial charge in [0.15, 0.2) is 5.58 Å². The first kappa shape index (κ1) is 30.4. The third-order valence-corrected chi connectivity index (χ3v) is 9.95. The van der Waals surface area contributed by atoms with Crippen LogP contribution in [0.1, 0.15) is 28.1 Å². The van der Waals surface area contributed by atoms with E-state index in [4.69, 9.17) is 9.40 Å². The Balaban J connectivity index is 1.30. The summed E-state index contributed by atoms with van der Waals surface area (Å²) < 4.78 is 6.11. The molecule has 0 saturated carbocycles. The number of anilines is 3. The van der Waals surface area contributed by atoms with Gasteiger partial charge in [0.1, 0.15) is 5.52 Å². The molecule has 0 unspecified atom stereocenters. The molecule has 0 fully saturated rings. The topological polar surface area (TPSA) is 29.3 Å². The van der Waals surface area contributed by atoms with Gasteiger partial charge in [0.05, 0.1) is 11.1 Å². The van der Waals surface area contributed by atoms with Gasteiger partial charge in [0.25, 0.3) is 0 Å². The molecule has 0 amide bonds. The van der Waals surface area contributed by atoms with Crippen LogP contribution < -0.4 is 4.90 Å². The van der Waals surface area contributed by atoms with Crippen LogP contribution >= 0.6 is 0 Å². The lowest BCUT2D eigenvalue weighted by Crippen LogP contribution is -2.28. The van der Waals surface area contributed by atoms with E-state index in [2.05, 4.69) is 169 Å². The van der Waals surface area contributed by atoms with Crippen LogP contribution in [0.2, 0.25) is 0 Å². The Morgan fingerprint density at radius 2 is 1.24 bits per heavy atom. The van der Waals surface area contributed by atoms with Crippen molar-refractivity contribution in [2.75, 3.05) is 4.90 Å². The zero-order valence-electron chi connectivity index (χ0n) is 28.0. The Hall–Kier alpha value is -6.71. The van der Waals surface area contributed by atoms with Gasteiger partial charge < -0.3 is 9.32 Å². The predicted molar refractivity (Wildman–Crippen MR) is 212 cm³/mol. The number of nitrogens with zero attached hydrogens (tertiary/aromatic N) is 2. The van der Waals surface area contributed by atoms with Crippen LogP contribution in [-0.2, 0) is 5.41 Å². The summed E-state index contributed by atoms with van der Waals surface area (Å²) >= 11 is 0. The number of allylic oxidation sites excluding steroid dienone is 4. The maximum Gasteiger partial charge on any atom is 0.219 e. The quantitative estimate of drug-likeness (QED) is 0.153. The lowest BCUT2D eigenvalue weighted by molar-refractivity contribution is 0.589. The van der Waals surface area contributed by atoms with Crippen LogP contribution in [0.3, 0.4) is 0 Å². The third kappa shape index (κ3) is 5.02. The van der Waals surface area contributed by atoms with Gasteiger partial charge in [0.2, 0.25) is 5.89 Å². The number of benzene rings is 7. The van der Waals surface area contributed by atoms with E-state index in [0.29, 0.717) is 5.89 Å². The van der Waals surface area contributed by atoms with Crippen molar-refractivity contribution in [1.29, 1.82) is 0 Å². The van der Waals surface area contributed by atoms with Gasteiger partial charge in [0, 0.05) is 22.8 Å². The Labute approximate surface area is 297 Å². The van der Waals surface area contributed by atoms with E-state index in [-0.39, 0.29) is 0 Å². The van der Waals surface area contributed by atoms with E-state index in [1.807, 2.05) is 30.4 Å². The molecule has 8 aromatic rings. The molecule has 0 saturated heterocycles. The van der Waals surface area contributed by atoms with Crippen molar-refractivity contribution in [3.8, 4) is 11.1 Å². The molecular formula is C48H34N2O. The number of oxazole rings is 1. The number of hydrogen-bond acceptors (Lipinski definition) is 3. The zero-order chi connectivity index (χ0) is 34.2. The number of aromatic nitrogens is 1. The molecular weight excluding hydrogens is 621 g/mol. The highest BCUT2D eigenvalue weighted by atomic mass is 16.3. The molecule has 0 aliphatic heterocycles. The average Bonchev–Trinajstić information content (AvgIpc) is 3.74. The maximum atomic E-state index is 6.11. The van der Waals surface area contributed by atoms with E-state index < -0.39 is 5.41 Å². The van der Waals surface area contributed by atoms with Crippen molar-refractivity contribution in [3.63, 3.8) is 0 Å². The fourth-order valence-electron chi connectivity index (χ4n) is 7.83. The monoisotopic (exact) mass is 654 g/mol. The average molecular weight is 655 g/mol. The second-order valence-electron chi connectivity index (χ2n) is 12.8. The highest BCUT2D eigenvalue weighted by Gasteiger charge is 2.46. The Morgan fingerprint density at radius 1 is 0.569 bits per heavy atom. The van der Waals surface area contributed by atoms with Gasteiger partial charge in [-0.1, -0.05) is 158 Å². The summed E-state index contributed by atoms with van der Waals surface area (Å²) in [4.78, 5) is 7.21. The van der Waals surface area contributed by atoms with Crippen molar-refractivity contribution in [2.24, 2.45) is 0 Å². The minimum absolute atomic E-state index is 0.508. The smallest absolute Gasteiger partial charge is 0.219 e. The van der Waals surface area contributed by atoms with Gasteiger partial charge in [-0.05, 0) is 75.2 Å². The van der Waals surface area contributed by atoms with Crippen molar-refractivity contribution in [1.82, 2.24) is 4.98 Å². The van der Waals surface area contributed by atoms with Crippen LogP contribution in [0, 0.1) is 0 Å². The Morgan fingerprint density at radius 3 is 2.04 bits per heavy atom. The number of hydrogen-bond donors (Lipinski definition) is 0. The lowest BCUT2D eigenvalue weighted by atomic mass is 9.67. The molecule has 0 bridgehead atoms. The fraction of sp³-hybridized carbons (Fsp3) is 0.0208. The molecule has 0 atom stereocenters. The first-order valence-electron chi connectivity index (χ1n) is 17.3. The molecule has 1 aliphatic rings. The van der Waals surface area contributed by atoms with Crippen molar-refractivity contribution in [2.45, 2.75) is 5.41 Å². The standard InChI is InChI=1S/C48H34N2O/c1-2-3-4-11-27-47-49-44-33-38(29-31-46(44)51-47)50(45-26-16-18-34-17-12-13-23-39(34)45)37-28-30-41-40-24-14-15-25-42(40)48(43(41)32-37,35-19-7-5-8-20-35)36-21-9-6-10-22-36/h2-33H,1H2/b4-3-,27-11+. The first-order chi connectivity index (χ1) is 25.3. The van der Waals surface area contributed by atoms with Gasteiger partial charge in [-0.15, -0.1) is 0 Å². The third-order valence-electron chi connectivity index (χ3n) is 9.95. The van der Waals surface area contributed by atoms with Crippen LogP contribution in [0.15, 0.2) is 199 Å². The summed E-state index contributed by atoms with van der Waals surface area (Å²) in [5, 5.41) is 2.35. The van der Waals surface area contributed by atoms with E-state index >= 15 is 0 Å². The maximum absolute atomic E-state index is 6.11. The summed E-state index contributed by atoms with van der Waals surface area (Å²) in [6.45, 7) is 3.74. The summed E-state index contributed by atoms with van der Waals surface area (Å²) in [6.07, 6.45) is 9.30. The zero-order valence-corrected chi connectivity index (χ0v) is 28.0. The molecule has 1 aliphatic carbocycles. The molecule has 7 aromatic carbocycles. The Bertz CT molecular complexity index is 2570. The van der Waals surface area contributed by atoms with E-state index in [1.54, 1.807) is 6.08 Å². The molecule has 0 spiro atoms. The summed E-state index contributed by atoms with van der Waals surface area (Å²) in [5.74, 6) is 0.554. The first-order valence-corrected chi connectivity index (χ1v) is 17.3. The molecule has 0 radical (unpaired) electrons. The largest absolute Gasteiger partial charge is 0.437 e. The lowest BCUT2D eigenvalue weighted by Gasteiger charge is -2.35. The van der Waals surface area contributed by atoms with E-state index in [9.17, 15) is 0 Å². The minimum atomic E-state index is -0.508. The number of rotatable bonds is 8. The highest BCUT2D eigenvalue weighted by Crippen LogP contribution is 2.57.